The average molecular weight is 158 g/mol. The van der Waals surface area contributed by atoms with E-state index in [1.165, 1.54) is 0 Å². The molecule has 1 fully saturated rings. The van der Waals surface area contributed by atoms with E-state index < -0.39 is 0 Å². The van der Waals surface area contributed by atoms with Crippen molar-refractivity contribution in [2.75, 3.05) is 26.2 Å². The minimum absolute atomic E-state index is 0.462. The predicted molar refractivity (Wildman–Crippen MR) is 41.3 cm³/mol. The third kappa shape index (κ3) is 3.34. The largest absolute Gasteiger partial charge is 0.468 e. The number of ether oxygens (including phenoxy) is 1. The van der Waals surface area contributed by atoms with Crippen molar-refractivity contribution >= 4 is 6.47 Å². The van der Waals surface area contributed by atoms with Gasteiger partial charge in [0.05, 0.1) is 6.61 Å². The average Bonchev–Trinajstić information content (AvgIpc) is 2.07. The number of carbonyl (C=O) groups is 1. The molecule has 0 saturated carbocycles. The Bertz CT molecular complexity index is 113. The van der Waals surface area contributed by atoms with Gasteiger partial charge < -0.3 is 15.4 Å². The van der Waals surface area contributed by atoms with Crippen molar-refractivity contribution in [3.63, 3.8) is 0 Å². The second kappa shape index (κ2) is 5.09. The summed E-state index contributed by atoms with van der Waals surface area (Å²) in [7, 11) is 0. The summed E-state index contributed by atoms with van der Waals surface area (Å²) in [5.74, 6) is 0. The number of hydrogen-bond acceptors (Lipinski definition) is 4. The molecule has 0 bridgehead atoms. The Morgan fingerprint density at radius 3 is 3.09 bits per heavy atom. The summed E-state index contributed by atoms with van der Waals surface area (Å²) in [6.07, 6.45) is 0.895. The third-order valence-corrected chi connectivity index (χ3v) is 1.78. The van der Waals surface area contributed by atoms with Gasteiger partial charge in [-0.05, 0) is 6.42 Å². The SMILES string of the molecule is O=COCCC1CNCCN1. The highest BCUT2D eigenvalue weighted by molar-refractivity contribution is 5.36. The highest BCUT2D eigenvalue weighted by Gasteiger charge is 2.10. The van der Waals surface area contributed by atoms with Crippen LogP contribution >= 0.6 is 0 Å². The van der Waals surface area contributed by atoms with Crippen LogP contribution in [-0.2, 0) is 9.53 Å². The van der Waals surface area contributed by atoms with Crippen LogP contribution in [0.2, 0.25) is 0 Å². The van der Waals surface area contributed by atoms with E-state index in [4.69, 9.17) is 0 Å². The first-order chi connectivity index (χ1) is 5.43. The minimum atomic E-state index is 0.462. The summed E-state index contributed by atoms with van der Waals surface area (Å²) in [6.45, 7) is 4.03. The van der Waals surface area contributed by atoms with Gasteiger partial charge >= 0.3 is 0 Å². The monoisotopic (exact) mass is 158 g/mol. The first-order valence-electron chi connectivity index (χ1n) is 3.93. The second-order valence-electron chi connectivity index (χ2n) is 2.61. The Hall–Kier alpha value is -0.610. The van der Waals surface area contributed by atoms with Crippen LogP contribution in [0.15, 0.2) is 0 Å². The Kier molecular flexibility index (Phi) is 3.93. The third-order valence-electron chi connectivity index (χ3n) is 1.78. The van der Waals surface area contributed by atoms with Crippen LogP contribution in [0.1, 0.15) is 6.42 Å². The van der Waals surface area contributed by atoms with Gasteiger partial charge in [0.2, 0.25) is 0 Å². The number of piperazine rings is 1. The fourth-order valence-electron chi connectivity index (χ4n) is 1.18. The molecule has 1 aliphatic heterocycles. The summed E-state index contributed by atoms with van der Waals surface area (Å²) < 4.78 is 4.59. The molecule has 1 atom stereocenters. The lowest BCUT2D eigenvalue weighted by molar-refractivity contribution is -0.128. The molecule has 11 heavy (non-hydrogen) atoms. The molecule has 0 radical (unpaired) electrons. The van der Waals surface area contributed by atoms with Gasteiger partial charge in [0.15, 0.2) is 0 Å². The Morgan fingerprint density at radius 1 is 1.55 bits per heavy atom. The molecule has 1 unspecified atom stereocenters. The van der Waals surface area contributed by atoms with E-state index in [0.717, 1.165) is 26.1 Å². The number of hydrogen-bond donors (Lipinski definition) is 2. The molecule has 1 rings (SSSR count). The lowest BCUT2D eigenvalue weighted by Gasteiger charge is -2.23. The predicted octanol–water partition coefficient (Wildman–Crippen LogP) is -0.889. The molecule has 0 aliphatic carbocycles. The summed E-state index contributed by atoms with van der Waals surface area (Å²) in [6, 6.07) is 0.462. The molecule has 0 aromatic rings. The molecule has 2 N–H and O–H groups in total. The smallest absolute Gasteiger partial charge is 0.293 e. The van der Waals surface area contributed by atoms with Gasteiger partial charge in [-0.2, -0.15) is 0 Å². The highest BCUT2D eigenvalue weighted by atomic mass is 16.5. The van der Waals surface area contributed by atoms with Crippen LogP contribution in [0.3, 0.4) is 0 Å². The molecule has 1 saturated heterocycles. The molecule has 64 valence electrons. The van der Waals surface area contributed by atoms with Gasteiger partial charge in [-0.15, -0.1) is 0 Å². The van der Waals surface area contributed by atoms with Crippen LogP contribution in [0, 0.1) is 0 Å². The van der Waals surface area contributed by atoms with E-state index in [1.54, 1.807) is 0 Å². The van der Waals surface area contributed by atoms with Crippen molar-refractivity contribution in [2.24, 2.45) is 0 Å². The summed E-state index contributed by atoms with van der Waals surface area (Å²) >= 11 is 0. The van der Waals surface area contributed by atoms with Gasteiger partial charge in [0.1, 0.15) is 0 Å². The summed E-state index contributed by atoms with van der Waals surface area (Å²) in [5.41, 5.74) is 0. The van der Waals surface area contributed by atoms with Crippen LogP contribution in [-0.4, -0.2) is 38.8 Å². The van der Waals surface area contributed by atoms with Crippen LogP contribution < -0.4 is 10.6 Å². The maximum atomic E-state index is 9.79. The molecular formula is C7H14N2O2. The maximum absolute atomic E-state index is 9.79. The van der Waals surface area contributed by atoms with Crippen molar-refractivity contribution in [3.8, 4) is 0 Å². The Balaban J connectivity index is 2.00. The van der Waals surface area contributed by atoms with Crippen molar-refractivity contribution in [1.29, 1.82) is 0 Å². The van der Waals surface area contributed by atoms with Gasteiger partial charge in [-0.1, -0.05) is 0 Å². The van der Waals surface area contributed by atoms with E-state index >= 15 is 0 Å². The number of rotatable bonds is 4. The first-order valence-corrected chi connectivity index (χ1v) is 3.93. The maximum Gasteiger partial charge on any atom is 0.293 e. The molecule has 4 heteroatoms. The zero-order valence-electron chi connectivity index (χ0n) is 6.51. The fourth-order valence-corrected chi connectivity index (χ4v) is 1.18. The normalized spacial score (nSPS) is 24.5. The minimum Gasteiger partial charge on any atom is -0.468 e. The first kappa shape index (κ1) is 8.49. The Morgan fingerprint density at radius 2 is 2.45 bits per heavy atom. The zero-order chi connectivity index (χ0) is 7.94. The van der Waals surface area contributed by atoms with Crippen LogP contribution in [0.4, 0.5) is 0 Å². The van der Waals surface area contributed by atoms with Crippen molar-refractivity contribution < 1.29 is 9.53 Å². The summed E-state index contributed by atoms with van der Waals surface area (Å²) in [4.78, 5) is 9.79. The zero-order valence-corrected chi connectivity index (χ0v) is 6.51. The topological polar surface area (TPSA) is 50.4 Å². The summed E-state index contributed by atoms with van der Waals surface area (Å²) in [5, 5.41) is 6.57. The standard InChI is InChI=1S/C7H14N2O2/c10-6-11-4-1-7-5-8-2-3-9-7/h6-9H,1-5H2. The van der Waals surface area contributed by atoms with Crippen LogP contribution in [0.5, 0.6) is 0 Å². The van der Waals surface area contributed by atoms with Crippen molar-refractivity contribution in [2.45, 2.75) is 12.5 Å². The van der Waals surface area contributed by atoms with Gasteiger partial charge in [-0.25, -0.2) is 0 Å². The lowest BCUT2D eigenvalue weighted by Crippen LogP contribution is -2.48. The fraction of sp³-hybridized carbons (Fsp3) is 0.857. The molecule has 1 aliphatic rings. The van der Waals surface area contributed by atoms with Gasteiger partial charge in [0, 0.05) is 25.7 Å². The van der Waals surface area contributed by atoms with E-state index in [1.807, 2.05) is 0 Å². The van der Waals surface area contributed by atoms with E-state index in [0.29, 0.717) is 19.1 Å². The molecule has 0 aromatic heterocycles. The van der Waals surface area contributed by atoms with E-state index in [9.17, 15) is 4.79 Å². The van der Waals surface area contributed by atoms with Gasteiger partial charge in [0.25, 0.3) is 6.47 Å². The van der Waals surface area contributed by atoms with E-state index in [2.05, 4.69) is 15.4 Å². The highest BCUT2D eigenvalue weighted by Crippen LogP contribution is 1.93. The molecule has 0 amide bonds. The molecule has 0 aromatic carbocycles. The molecular weight excluding hydrogens is 144 g/mol. The number of carbonyl (C=O) groups excluding carboxylic acids is 1. The number of nitrogens with one attached hydrogen (secondary N) is 2. The van der Waals surface area contributed by atoms with E-state index in [-0.39, 0.29) is 0 Å². The quantitative estimate of drug-likeness (QED) is 0.412. The molecule has 0 spiro atoms. The van der Waals surface area contributed by atoms with Crippen molar-refractivity contribution in [3.05, 3.63) is 0 Å². The van der Waals surface area contributed by atoms with Gasteiger partial charge in [-0.3, -0.25) is 4.79 Å². The Labute approximate surface area is 66.3 Å². The van der Waals surface area contributed by atoms with Crippen LogP contribution in [0.25, 0.3) is 0 Å². The lowest BCUT2D eigenvalue weighted by atomic mass is 10.2. The second-order valence-corrected chi connectivity index (χ2v) is 2.61. The molecule has 1 heterocycles. The van der Waals surface area contributed by atoms with Crippen molar-refractivity contribution in [1.82, 2.24) is 10.6 Å². The molecule has 4 nitrogen and oxygen atoms in total.